The molecule has 2 aromatic rings. The molecule has 1 aromatic heterocycles. The average Bonchev–Trinajstić information content (AvgIpc) is 2.55. The van der Waals surface area contributed by atoms with Crippen LogP contribution < -0.4 is 16.2 Å². The van der Waals surface area contributed by atoms with Crippen LogP contribution in [0.4, 0.5) is 15.9 Å². The molecule has 0 bridgehead atoms. The van der Waals surface area contributed by atoms with E-state index in [1.54, 1.807) is 18.3 Å². The molecule has 0 radical (unpaired) electrons. The van der Waals surface area contributed by atoms with Crippen LogP contribution in [0.3, 0.4) is 0 Å². The van der Waals surface area contributed by atoms with E-state index in [-0.39, 0.29) is 5.82 Å². The SMILES string of the molecule is NNc1nncc(N2CCC(c3cccc(F)c3)CC2)c1Cl. The molecule has 1 aliphatic rings. The third-order valence-electron chi connectivity index (χ3n) is 4.06. The maximum atomic E-state index is 13.3. The largest absolute Gasteiger partial charge is 0.369 e. The molecule has 0 amide bonds. The molecular formula is C15H17ClFN5. The zero-order valence-corrected chi connectivity index (χ0v) is 12.7. The molecule has 116 valence electrons. The Labute approximate surface area is 133 Å². The molecule has 0 saturated carbocycles. The number of hydrazine groups is 1. The van der Waals surface area contributed by atoms with Crippen molar-refractivity contribution in [2.45, 2.75) is 18.8 Å². The number of piperidine rings is 1. The van der Waals surface area contributed by atoms with Gasteiger partial charge < -0.3 is 10.3 Å². The van der Waals surface area contributed by atoms with Gasteiger partial charge in [0.2, 0.25) is 0 Å². The maximum Gasteiger partial charge on any atom is 0.183 e. The quantitative estimate of drug-likeness (QED) is 0.672. The van der Waals surface area contributed by atoms with Crippen LogP contribution in [-0.2, 0) is 0 Å². The van der Waals surface area contributed by atoms with Crippen LogP contribution in [0.25, 0.3) is 0 Å². The number of hydrogen-bond donors (Lipinski definition) is 2. The van der Waals surface area contributed by atoms with Crippen LogP contribution in [0.5, 0.6) is 0 Å². The van der Waals surface area contributed by atoms with E-state index < -0.39 is 0 Å². The molecule has 1 aliphatic heterocycles. The molecule has 1 fully saturated rings. The van der Waals surface area contributed by atoms with E-state index in [1.807, 2.05) is 6.07 Å². The van der Waals surface area contributed by atoms with Gasteiger partial charge in [-0.2, -0.15) is 5.10 Å². The van der Waals surface area contributed by atoms with Gasteiger partial charge in [-0.3, -0.25) is 0 Å². The minimum absolute atomic E-state index is 0.181. The number of rotatable bonds is 3. The first-order chi connectivity index (χ1) is 10.7. The normalized spacial score (nSPS) is 15.9. The van der Waals surface area contributed by atoms with Crippen molar-refractivity contribution in [2.75, 3.05) is 23.4 Å². The number of halogens is 2. The Kier molecular flexibility index (Phi) is 4.40. The zero-order chi connectivity index (χ0) is 15.5. The van der Waals surface area contributed by atoms with Crippen LogP contribution in [0.2, 0.25) is 5.02 Å². The Balaban J connectivity index is 1.72. The molecule has 2 heterocycles. The number of nitrogens with zero attached hydrogens (tertiary/aromatic N) is 3. The van der Waals surface area contributed by atoms with Gasteiger partial charge in [-0.15, -0.1) is 5.10 Å². The second-order valence-corrected chi connectivity index (χ2v) is 5.73. The summed E-state index contributed by atoms with van der Waals surface area (Å²) in [6.07, 6.45) is 3.52. The van der Waals surface area contributed by atoms with Crippen molar-refractivity contribution in [1.29, 1.82) is 0 Å². The molecule has 0 atom stereocenters. The van der Waals surface area contributed by atoms with E-state index in [1.165, 1.54) is 6.07 Å². The highest BCUT2D eigenvalue weighted by Crippen LogP contribution is 2.35. The van der Waals surface area contributed by atoms with Gasteiger partial charge in [0.25, 0.3) is 0 Å². The van der Waals surface area contributed by atoms with Gasteiger partial charge in [0.1, 0.15) is 10.8 Å². The lowest BCUT2D eigenvalue weighted by atomic mass is 9.89. The summed E-state index contributed by atoms with van der Waals surface area (Å²) >= 11 is 6.28. The van der Waals surface area contributed by atoms with E-state index in [9.17, 15) is 4.39 Å². The topological polar surface area (TPSA) is 67.1 Å². The van der Waals surface area contributed by atoms with Crippen molar-refractivity contribution in [1.82, 2.24) is 10.2 Å². The van der Waals surface area contributed by atoms with Crippen molar-refractivity contribution in [2.24, 2.45) is 5.84 Å². The highest BCUT2D eigenvalue weighted by molar-refractivity contribution is 6.35. The van der Waals surface area contributed by atoms with Crippen molar-refractivity contribution in [3.05, 3.63) is 46.9 Å². The second-order valence-electron chi connectivity index (χ2n) is 5.35. The molecule has 1 saturated heterocycles. The predicted molar refractivity (Wildman–Crippen MR) is 85.4 cm³/mol. The third-order valence-corrected chi connectivity index (χ3v) is 4.44. The molecule has 1 aromatic carbocycles. The summed E-state index contributed by atoms with van der Waals surface area (Å²) < 4.78 is 13.3. The highest BCUT2D eigenvalue weighted by Gasteiger charge is 2.23. The van der Waals surface area contributed by atoms with Gasteiger partial charge in [-0.25, -0.2) is 10.2 Å². The molecule has 3 N–H and O–H groups in total. The van der Waals surface area contributed by atoms with E-state index in [4.69, 9.17) is 17.4 Å². The first-order valence-corrected chi connectivity index (χ1v) is 7.55. The van der Waals surface area contributed by atoms with Crippen LogP contribution in [0, 0.1) is 5.82 Å². The van der Waals surface area contributed by atoms with Crippen LogP contribution in [0.1, 0.15) is 24.3 Å². The zero-order valence-electron chi connectivity index (χ0n) is 12.0. The summed E-state index contributed by atoms with van der Waals surface area (Å²) in [6.45, 7) is 1.66. The standard InChI is InChI=1S/C15H17ClFN5/c16-14-13(9-19-21-15(14)20-18)22-6-4-10(5-7-22)11-2-1-3-12(17)8-11/h1-3,8-10H,4-7,18H2,(H,20,21). The molecule has 0 aliphatic carbocycles. The van der Waals surface area contributed by atoms with Crippen LogP contribution in [0.15, 0.2) is 30.5 Å². The molecular weight excluding hydrogens is 305 g/mol. The molecule has 0 unspecified atom stereocenters. The Morgan fingerprint density at radius 1 is 1.32 bits per heavy atom. The second kappa shape index (κ2) is 6.46. The number of aromatic nitrogens is 2. The Morgan fingerprint density at radius 2 is 2.09 bits per heavy atom. The molecule has 22 heavy (non-hydrogen) atoms. The van der Waals surface area contributed by atoms with E-state index in [2.05, 4.69) is 20.5 Å². The minimum Gasteiger partial charge on any atom is -0.369 e. The summed E-state index contributed by atoms with van der Waals surface area (Å²) in [6, 6.07) is 6.85. The number of nitrogens with two attached hydrogens (primary N) is 1. The van der Waals surface area contributed by atoms with Gasteiger partial charge >= 0.3 is 0 Å². The van der Waals surface area contributed by atoms with Gasteiger partial charge in [0, 0.05) is 13.1 Å². The fourth-order valence-electron chi connectivity index (χ4n) is 2.89. The van der Waals surface area contributed by atoms with Crippen molar-refractivity contribution in [3.8, 4) is 0 Å². The lowest BCUT2D eigenvalue weighted by Crippen LogP contribution is -2.33. The Bertz CT molecular complexity index is 658. The van der Waals surface area contributed by atoms with Gasteiger partial charge in [0.15, 0.2) is 5.82 Å². The monoisotopic (exact) mass is 321 g/mol. The van der Waals surface area contributed by atoms with E-state index in [0.29, 0.717) is 16.8 Å². The lowest BCUT2D eigenvalue weighted by Gasteiger charge is -2.34. The smallest absolute Gasteiger partial charge is 0.183 e. The summed E-state index contributed by atoms with van der Waals surface area (Å²) in [4.78, 5) is 2.16. The summed E-state index contributed by atoms with van der Waals surface area (Å²) in [5.41, 5.74) is 4.32. The summed E-state index contributed by atoms with van der Waals surface area (Å²) in [7, 11) is 0. The highest BCUT2D eigenvalue weighted by atomic mass is 35.5. The number of nitrogen functional groups attached to an aromatic ring is 1. The van der Waals surface area contributed by atoms with Gasteiger partial charge in [-0.05, 0) is 36.5 Å². The Hall–Kier alpha value is -1.92. The van der Waals surface area contributed by atoms with Crippen molar-refractivity contribution < 1.29 is 4.39 Å². The first kappa shape index (κ1) is 15.0. The van der Waals surface area contributed by atoms with Crippen LogP contribution in [-0.4, -0.2) is 23.3 Å². The number of anilines is 2. The number of benzene rings is 1. The fraction of sp³-hybridized carbons (Fsp3) is 0.333. The Morgan fingerprint density at radius 3 is 2.77 bits per heavy atom. The van der Waals surface area contributed by atoms with E-state index in [0.717, 1.165) is 37.2 Å². The predicted octanol–water partition coefficient (Wildman–Crippen LogP) is 2.94. The summed E-state index contributed by atoms with van der Waals surface area (Å²) in [5, 5.41) is 8.22. The molecule has 3 rings (SSSR count). The number of hydrogen-bond acceptors (Lipinski definition) is 5. The first-order valence-electron chi connectivity index (χ1n) is 7.17. The lowest BCUT2D eigenvalue weighted by molar-refractivity contribution is 0.502. The molecule has 5 nitrogen and oxygen atoms in total. The molecule has 7 heteroatoms. The van der Waals surface area contributed by atoms with Gasteiger partial charge in [-0.1, -0.05) is 23.7 Å². The average molecular weight is 322 g/mol. The maximum absolute atomic E-state index is 13.3. The van der Waals surface area contributed by atoms with Gasteiger partial charge in [0.05, 0.1) is 11.9 Å². The van der Waals surface area contributed by atoms with Crippen molar-refractivity contribution >= 4 is 23.1 Å². The molecule has 0 spiro atoms. The van der Waals surface area contributed by atoms with Crippen molar-refractivity contribution in [3.63, 3.8) is 0 Å². The van der Waals surface area contributed by atoms with E-state index >= 15 is 0 Å². The fourth-order valence-corrected chi connectivity index (χ4v) is 3.15. The van der Waals surface area contributed by atoms with Crippen LogP contribution >= 0.6 is 11.6 Å². The minimum atomic E-state index is -0.181. The summed E-state index contributed by atoms with van der Waals surface area (Å²) in [5.74, 6) is 5.92. The third kappa shape index (κ3) is 2.98. The number of nitrogens with one attached hydrogen (secondary N) is 1.